The zero-order valence-corrected chi connectivity index (χ0v) is 13.4. The molecular weight excluding hydrogens is 314 g/mol. The quantitative estimate of drug-likeness (QED) is 0.565. The van der Waals surface area contributed by atoms with Crippen molar-refractivity contribution in [3.8, 4) is 11.5 Å². The molecular formula is C16H19N3O3S. The molecule has 1 aromatic rings. The van der Waals surface area contributed by atoms with Gasteiger partial charge in [-0.2, -0.15) is 0 Å². The van der Waals surface area contributed by atoms with Gasteiger partial charge in [-0.25, -0.2) is 0 Å². The molecule has 0 saturated heterocycles. The zero-order valence-electron chi connectivity index (χ0n) is 12.6. The Morgan fingerprint density at radius 2 is 2.00 bits per heavy atom. The van der Waals surface area contributed by atoms with E-state index in [1.807, 2.05) is 0 Å². The van der Waals surface area contributed by atoms with Gasteiger partial charge in [0.2, 0.25) is 6.79 Å². The molecule has 7 heteroatoms. The van der Waals surface area contributed by atoms with Crippen LogP contribution in [0.15, 0.2) is 18.2 Å². The molecule has 1 heterocycles. The second kappa shape index (κ2) is 5.88. The molecule has 0 radical (unpaired) electrons. The zero-order chi connectivity index (χ0) is 15.8. The number of hydrazine groups is 1. The van der Waals surface area contributed by atoms with Gasteiger partial charge < -0.3 is 14.8 Å². The van der Waals surface area contributed by atoms with Crippen LogP contribution < -0.4 is 25.6 Å². The lowest BCUT2D eigenvalue weighted by Crippen LogP contribution is -2.50. The summed E-state index contributed by atoms with van der Waals surface area (Å²) in [5.74, 6) is 2.55. The predicted molar refractivity (Wildman–Crippen MR) is 88.1 cm³/mol. The molecule has 1 amide bonds. The van der Waals surface area contributed by atoms with Crippen LogP contribution in [0.1, 0.15) is 36.0 Å². The van der Waals surface area contributed by atoms with E-state index < -0.39 is 0 Å². The van der Waals surface area contributed by atoms with Crippen molar-refractivity contribution in [1.82, 2.24) is 16.2 Å². The molecule has 6 nitrogen and oxygen atoms in total. The normalized spacial score (nSPS) is 26.9. The third-order valence-electron chi connectivity index (χ3n) is 4.98. The number of carbonyl (C=O) groups is 1. The Bertz CT molecular complexity index is 651. The fourth-order valence-corrected chi connectivity index (χ4v) is 4.05. The van der Waals surface area contributed by atoms with Crippen LogP contribution in [-0.4, -0.2) is 23.9 Å². The molecule has 122 valence electrons. The Morgan fingerprint density at radius 1 is 1.13 bits per heavy atom. The molecule has 0 aromatic heterocycles. The fraction of sp³-hybridized carbons (Fsp3) is 0.500. The number of fused-ring (bicyclic) bond motifs is 3. The molecule has 3 unspecified atom stereocenters. The SMILES string of the molecule is O=C(NNC(=S)NC1CC2CCC1C2)c1ccc2c(c1)OCO2. The average Bonchev–Trinajstić information content (AvgIpc) is 3.27. The summed E-state index contributed by atoms with van der Waals surface area (Å²) in [7, 11) is 0. The minimum atomic E-state index is -0.264. The largest absolute Gasteiger partial charge is 0.454 e. The van der Waals surface area contributed by atoms with Gasteiger partial charge in [-0.05, 0) is 61.5 Å². The maximum atomic E-state index is 12.2. The van der Waals surface area contributed by atoms with Crippen molar-refractivity contribution in [3.63, 3.8) is 0 Å². The van der Waals surface area contributed by atoms with E-state index in [-0.39, 0.29) is 12.7 Å². The number of benzene rings is 1. The predicted octanol–water partition coefficient (Wildman–Crippen LogP) is 1.71. The molecule has 2 saturated carbocycles. The molecule has 3 aliphatic rings. The van der Waals surface area contributed by atoms with Crippen molar-refractivity contribution >= 4 is 23.2 Å². The summed E-state index contributed by atoms with van der Waals surface area (Å²) < 4.78 is 10.5. The first-order chi connectivity index (χ1) is 11.2. The third-order valence-corrected chi connectivity index (χ3v) is 5.20. The summed E-state index contributed by atoms with van der Waals surface area (Å²) in [6, 6.07) is 5.52. The molecule has 23 heavy (non-hydrogen) atoms. The fourth-order valence-electron chi connectivity index (χ4n) is 3.85. The van der Waals surface area contributed by atoms with Gasteiger partial charge in [0, 0.05) is 11.6 Å². The Kier molecular flexibility index (Phi) is 3.72. The van der Waals surface area contributed by atoms with E-state index in [9.17, 15) is 4.79 Å². The van der Waals surface area contributed by atoms with Crippen molar-refractivity contribution in [2.45, 2.75) is 31.7 Å². The van der Waals surface area contributed by atoms with Crippen LogP contribution in [0.4, 0.5) is 0 Å². The number of amides is 1. The van der Waals surface area contributed by atoms with Gasteiger partial charge in [0.25, 0.3) is 5.91 Å². The number of ether oxygens (including phenoxy) is 2. The lowest BCUT2D eigenvalue weighted by molar-refractivity contribution is 0.0943. The number of hydrogen-bond donors (Lipinski definition) is 3. The number of nitrogens with one attached hydrogen (secondary N) is 3. The molecule has 3 atom stereocenters. The smallest absolute Gasteiger partial charge is 0.269 e. The van der Waals surface area contributed by atoms with E-state index in [0.29, 0.717) is 28.2 Å². The Morgan fingerprint density at radius 3 is 2.78 bits per heavy atom. The Balaban J connectivity index is 1.28. The molecule has 0 spiro atoms. The van der Waals surface area contributed by atoms with Gasteiger partial charge in [0.05, 0.1) is 0 Å². The van der Waals surface area contributed by atoms with E-state index in [0.717, 1.165) is 11.8 Å². The molecule has 1 aromatic carbocycles. The monoisotopic (exact) mass is 333 g/mol. The topological polar surface area (TPSA) is 71.6 Å². The van der Waals surface area contributed by atoms with Gasteiger partial charge in [-0.15, -0.1) is 0 Å². The first kappa shape index (κ1) is 14.6. The van der Waals surface area contributed by atoms with E-state index in [2.05, 4.69) is 16.2 Å². The van der Waals surface area contributed by atoms with Gasteiger partial charge >= 0.3 is 0 Å². The molecule has 2 bridgehead atoms. The highest BCUT2D eigenvalue weighted by atomic mass is 32.1. The first-order valence-electron chi connectivity index (χ1n) is 7.95. The minimum Gasteiger partial charge on any atom is -0.454 e. The van der Waals surface area contributed by atoms with Crippen molar-refractivity contribution in [3.05, 3.63) is 23.8 Å². The highest BCUT2D eigenvalue weighted by Gasteiger charge is 2.39. The van der Waals surface area contributed by atoms with Crippen molar-refractivity contribution in [1.29, 1.82) is 0 Å². The number of rotatable bonds is 2. The van der Waals surface area contributed by atoms with Crippen LogP contribution in [-0.2, 0) is 0 Å². The molecule has 1 aliphatic heterocycles. The van der Waals surface area contributed by atoms with Crippen molar-refractivity contribution < 1.29 is 14.3 Å². The summed E-state index contributed by atoms with van der Waals surface area (Å²) in [5, 5.41) is 3.79. The van der Waals surface area contributed by atoms with E-state index in [1.165, 1.54) is 25.7 Å². The lowest BCUT2D eigenvalue weighted by Gasteiger charge is -2.24. The molecule has 2 aliphatic carbocycles. The van der Waals surface area contributed by atoms with Crippen LogP contribution in [0.25, 0.3) is 0 Å². The maximum Gasteiger partial charge on any atom is 0.269 e. The standard InChI is InChI=1S/C16H19N3O3S/c20-15(11-3-4-13-14(7-11)22-8-21-13)18-19-16(23)17-12-6-9-1-2-10(12)5-9/h3-4,7,9-10,12H,1-2,5-6,8H2,(H,18,20)(H2,17,19,23). The Hall–Kier alpha value is -2.02. The van der Waals surface area contributed by atoms with Gasteiger partial charge in [-0.3, -0.25) is 15.6 Å². The number of hydrogen-bond acceptors (Lipinski definition) is 4. The second-order valence-electron chi connectivity index (χ2n) is 6.40. The summed E-state index contributed by atoms with van der Waals surface area (Å²) >= 11 is 5.27. The molecule has 3 N–H and O–H groups in total. The van der Waals surface area contributed by atoms with Gasteiger partial charge in [0.15, 0.2) is 16.6 Å². The lowest BCUT2D eigenvalue weighted by atomic mass is 9.96. The number of thiocarbonyl (C=S) groups is 1. The van der Waals surface area contributed by atoms with Crippen LogP contribution in [0.5, 0.6) is 11.5 Å². The summed E-state index contributed by atoms with van der Waals surface area (Å²) in [6.07, 6.45) is 5.13. The summed E-state index contributed by atoms with van der Waals surface area (Å²) in [4.78, 5) is 12.2. The van der Waals surface area contributed by atoms with E-state index in [4.69, 9.17) is 21.7 Å². The van der Waals surface area contributed by atoms with Crippen molar-refractivity contribution in [2.75, 3.05) is 6.79 Å². The average molecular weight is 333 g/mol. The van der Waals surface area contributed by atoms with Crippen LogP contribution >= 0.6 is 12.2 Å². The summed E-state index contributed by atoms with van der Waals surface area (Å²) in [5.41, 5.74) is 5.89. The second-order valence-corrected chi connectivity index (χ2v) is 6.81. The Labute approximate surface area is 139 Å². The van der Waals surface area contributed by atoms with E-state index >= 15 is 0 Å². The maximum absolute atomic E-state index is 12.2. The van der Waals surface area contributed by atoms with Gasteiger partial charge in [0.1, 0.15) is 0 Å². The molecule has 2 fully saturated rings. The number of carbonyl (C=O) groups excluding carboxylic acids is 1. The van der Waals surface area contributed by atoms with Gasteiger partial charge in [-0.1, -0.05) is 6.42 Å². The first-order valence-corrected chi connectivity index (χ1v) is 8.36. The van der Waals surface area contributed by atoms with Crippen LogP contribution in [0.3, 0.4) is 0 Å². The third kappa shape index (κ3) is 2.93. The minimum absolute atomic E-state index is 0.191. The van der Waals surface area contributed by atoms with Crippen LogP contribution in [0, 0.1) is 11.8 Å². The van der Waals surface area contributed by atoms with E-state index in [1.54, 1.807) is 18.2 Å². The van der Waals surface area contributed by atoms with Crippen LogP contribution in [0.2, 0.25) is 0 Å². The highest BCUT2D eigenvalue weighted by Crippen LogP contribution is 2.44. The van der Waals surface area contributed by atoms with Crippen molar-refractivity contribution in [2.24, 2.45) is 11.8 Å². The highest BCUT2D eigenvalue weighted by molar-refractivity contribution is 7.80. The molecule has 4 rings (SSSR count). The summed E-state index contributed by atoms with van der Waals surface area (Å²) in [6.45, 7) is 0.191.